The van der Waals surface area contributed by atoms with E-state index in [1.165, 1.54) is 31.5 Å². The standard InChI is InChI=1S/C17H24N2O/c1-3-10-18-17(20)16-8-6-15(7-9-16)13-19-11-4-5-14(2)12-19/h3,6-9,14H,1,4-5,10-13H2,2H3,(H,18,20). The molecule has 0 bridgehead atoms. The zero-order chi connectivity index (χ0) is 14.4. The molecule has 1 unspecified atom stereocenters. The molecule has 108 valence electrons. The van der Waals surface area contributed by atoms with Crippen LogP contribution in [-0.4, -0.2) is 30.4 Å². The number of likely N-dealkylation sites (tertiary alicyclic amines) is 1. The number of carbonyl (C=O) groups excluding carboxylic acids is 1. The van der Waals surface area contributed by atoms with Crippen molar-refractivity contribution in [2.75, 3.05) is 19.6 Å². The summed E-state index contributed by atoms with van der Waals surface area (Å²) in [5, 5.41) is 2.79. The Morgan fingerprint density at radius 3 is 2.85 bits per heavy atom. The number of piperidine rings is 1. The van der Waals surface area contributed by atoms with Gasteiger partial charge >= 0.3 is 0 Å². The van der Waals surface area contributed by atoms with Crippen LogP contribution in [0.1, 0.15) is 35.7 Å². The molecule has 0 aromatic heterocycles. The van der Waals surface area contributed by atoms with Crippen LogP contribution in [0.15, 0.2) is 36.9 Å². The van der Waals surface area contributed by atoms with Gasteiger partial charge in [0.05, 0.1) is 0 Å². The molecule has 20 heavy (non-hydrogen) atoms. The average molecular weight is 272 g/mol. The molecule has 2 rings (SSSR count). The van der Waals surface area contributed by atoms with Crippen molar-refractivity contribution in [2.24, 2.45) is 5.92 Å². The summed E-state index contributed by atoms with van der Waals surface area (Å²) in [5.41, 5.74) is 1.99. The molecular formula is C17H24N2O. The summed E-state index contributed by atoms with van der Waals surface area (Å²) in [6, 6.07) is 7.92. The molecule has 1 aromatic rings. The second kappa shape index (κ2) is 7.25. The van der Waals surface area contributed by atoms with Gasteiger partial charge in [0.2, 0.25) is 0 Å². The van der Waals surface area contributed by atoms with Crippen LogP contribution in [0.5, 0.6) is 0 Å². The quantitative estimate of drug-likeness (QED) is 0.836. The third kappa shape index (κ3) is 4.20. The van der Waals surface area contributed by atoms with Crippen molar-refractivity contribution in [1.29, 1.82) is 0 Å². The van der Waals surface area contributed by atoms with Crippen molar-refractivity contribution < 1.29 is 4.79 Å². The lowest BCUT2D eigenvalue weighted by atomic mass is 9.99. The van der Waals surface area contributed by atoms with Gasteiger partial charge in [-0.25, -0.2) is 0 Å². The number of benzene rings is 1. The minimum Gasteiger partial charge on any atom is -0.349 e. The van der Waals surface area contributed by atoms with E-state index in [0.717, 1.165) is 12.5 Å². The summed E-state index contributed by atoms with van der Waals surface area (Å²) in [7, 11) is 0. The van der Waals surface area contributed by atoms with Gasteiger partial charge in [-0.2, -0.15) is 0 Å². The molecule has 1 aliphatic heterocycles. The predicted molar refractivity (Wildman–Crippen MR) is 82.6 cm³/mol. The fourth-order valence-electron chi connectivity index (χ4n) is 2.72. The van der Waals surface area contributed by atoms with Crippen molar-refractivity contribution in [3.05, 3.63) is 48.0 Å². The predicted octanol–water partition coefficient (Wildman–Crippen LogP) is 2.83. The highest BCUT2D eigenvalue weighted by Crippen LogP contribution is 2.18. The van der Waals surface area contributed by atoms with Gasteiger partial charge in [-0.15, -0.1) is 6.58 Å². The number of hydrogen-bond donors (Lipinski definition) is 1. The van der Waals surface area contributed by atoms with Crippen LogP contribution in [0.25, 0.3) is 0 Å². The van der Waals surface area contributed by atoms with E-state index in [2.05, 4.69) is 35.9 Å². The lowest BCUT2D eigenvalue weighted by Gasteiger charge is -2.30. The maximum atomic E-state index is 11.8. The Balaban J connectivity index is 1.90. The van der Waals surface area contributed by atoms with Gasteiger partial charge in [-0.05, 0) is 43.0 Å². The van der Waals surface area contributed by atoms with Crippen LogP contribution in [0, 0.1) is 5.92 Å². The first-order valence-corrected chi connectivity index (χ1v) is 7.39. The van der Waals surface area contributed by atoms with Gasteiger partial charge in [-0.3, -0.25) is 9.69 Å². The molecule has 0 aliphatic carbocycles. The molecule has 1 aromatic carbocycles. The van der Waals surface area contributed by atoms with Crippen molar-refractivity contribution >= 4 is 5.91 Å². The topological polar surface area (TPSA) is 32.3 Å². The zero-order valence-corrected chi connectivity index (χ0v) is 12.3. The monoisotopic (exact) mass is 272 g/mol. The molecule has 1 amide bonds. The maximum absolute atomic E-state index is 11.8. The van der Waals surface area contributed by atoms with Gasteiger partial charge < -0.3 is 5.32 Å². The molecule has 0 spiro atoms. The Labute approximate surface area is 121 Å². The summed E-state index contributed by atoms with van der Waals surface area (Å²) >= 11 is 0. The second-order valence-corrected chi connectivity index (χ2v) is 5.68. The number of nitrogens with zero attached hydrogens (tertiary/aromatic N) is 1. The molecular weight excluding hydrogens is 248 g/mol. The molecule has 1 atom stereocenters. The first kappa shape index (κ1) is 14.8. The molecule has 1 fully saturated rings. The van der Waals surface area contributed by atoms with Gasteiger partial charge in [0, 0.05) is 25.2 Å². The number of nitrogens with one attached hydrogen (secondary N) is 1. The number of hydrogen-bond acceptors (Lipinski definition) is 2. The van der Waals surface area contributed by atoms with Crippen molar-refractivity contribution in [2.45, 2.75) is 26.3 Å². The van der Waals surface area contributed by atoms with Crippen LogP contribution in [-0.2, 0) is 6.54 Å². The molecule has 1 N–H and O–H groups in total. The summed E-state index contributed by atoms with van der Waals surface area (Å²) in [6.45, 7) is 9.77. The fraction of sp³-hybridized carbons (Fsp3) is 0.471. The van der Waals surface area contributed by atoms with E-state index in [0.29, 0.717) is 12.1 Å². The lowest BCUT2D eigenvalue weighted by molar-refractivity contribution is 0.0958. The van der Waals surface area contributed by atoms with E-state index >= 15 is 0 Å². The Hall–Kier alpha value is -1.61. The van der Waals surface area contributed by atoms with Crippen molar-refractivity contribution in [1.82, 2.24) is 10.2 Å². The van der Waals surface area contributed by atoms with Crippen LogP contribution in [0.4, 0.5) is 0 Å². The number of rotatable bonds is 5. The average Bonchev–Trinajstić information content (AvgIpc) is 2.45. The van der Waals surface area contributed by atoms with Gasteiger partial charge in [0.15, 0.2) is 0 Å². The molecule has 3 heteroatoms. The third-order valence-corrected chi connectivity index (χ3v) is 3.77. The second-order valence-electron chi connectivity index (χ2n) is 5.68. The SMILES string of the molecule is C=CCNC(=O)c1ccc(CN2CCCC(C)C2)cc1. The molecule has 1 aliphatic rings. The summed E-state index contributed by atoms with van der Waals surface area (Å²) < 4.78 is 0. The highest BCUT2D eigenvalue weighted by atomic mass is 16.1. The van der Waals surface area contributed by atoms with E-state index in [-0.39, 0.29) is 5.91 Å². The van der Waals surface area contributed by atoms with Crippen molar-refractivity contribution in [3.63, 3.8) is 0 Å². The third-order valence-electron chi connectivity index (χ3n) is 3.77. The van der Waals surface area contributed by atoms with E-state index in [1.54, 1.807) is 6.08 Å². The largest absolute Gasteiger partial charge is 0.349 e. The Bertz CT molecular complexity index is 453. The Kier molecular flexibility index (Phi) is 5.36. The van der Waals surface area contributed by atoms with E-state index in [1.807, 2.05) is 12.1 Å². The van der Waals surface area contributed by atoms with E-state index in [4.69, 9.17) is 0 Å². The first-order valence-electron chi connectivity index (χ1n) is 7.39. The van der Waals surface area contributed by atoms with Crippen LogP contribution in [0.2, 0.25) is 0 Å². The smallest absolute Gasteiger partial charge is 0.251 e. The minimum absolute atomic E-state index is 0.0388. The molecule has 1 saturated heterocycles. The van der Waals surface area contributed by atoms with E-state index in [9.17, 15) is 4.79 Å². The van der Waals surface area contributed by atoms with Crippen molar-refractivity contribution in [3.8, 4) is 0 Å². The molecule has 0 saturated carbocycles. The van der Waals surface area contributed by atoms with Gasteiger partial charge in [0.1, 0.15) is 0 Å². The van der Waals surface area contributed by atoms with Crippen LogP contribution in [0.3, 0.4) is 0 Å². The van der Waals surface area contributed by atoms with Crippen LogP contribution < -0.4 is 5.32 Å². The Morgan fingerprint density at radius 1 is 1.45 bits per heavy atom. The fourth-order valence-corrected chi connectivity index (χ4v) is 2.72. The summed E-state index contributed by atoms with van der Waals surface area (Å²) in [4.78, 5) is 14.3. The highest BCUT2D eigenvalue weighted by Gasteiger charge is 2.16. The highest BCUT2D eigenvalue weighted by molar-refractivity contribution is 5.94. The number of carbonyl (C=O) groups is 1. The molecule has 1 heterocycles. The van der Waals surface area contributed by atoms with Gasteiger partial charge in [0.25, 0.3) is 5.91 Å². The lowest BCUT2D eigenvalue weighted by Crippen LogP contribution is -2.33. The zero-order valence-electron chi connectivity index (χ0n) is 12.3. The van der Waals surface area contributed by atoms with E-state index < -0.39 is 0 Å². The van der Waals surface area contributed by atoms with Gasteiger partial charge in [-0.1, -0.05) is 25.1 Å². The maximum Gasteiger partial charge on any atom is 0.251 e. The number of amides is 1. The summed E-state index contributed by atoms with van der Waals surface area (Å²) in [5.74, 6) is 0.760. The molecule has 3 nitrogen and oxygen atoms in total. The Morgan fingerprint density at radius 2 is 2.20 bits per heavy atom. The molecule has 0 radical (unpaired) electrons. The van der Waals surface area contributed by atoms with Crippen LogP contribution >= 0.6 is 0 Å². The first-order chi connectivity index (χ1) is 9.69. The normalized spacial score (nSPS) is 19.6. The minimum atomic E-state index is -0.0388. The summed E-state index contributed by atoms with van der Waals surface area (Å²) in [6.07, 6.45) is 4.33.